The molecule has 36 heavy (non-hydrogen) atoms. The number of esters is 2. The fraction of sp³-hybridized carbons (Fsp3) is 0.630. The van der Waals surface area contributed by atoms with Gasteiger partial charge in [-0.15, -0.1) is 0 Å². The van der Waals surface area contributed by atoms with E-state index < -0.39 is 35.3 Å². The normalized spacial score (nSPS) is 15.9. The van der Waals surface area contributed by atoms with Gasteiger partial charge in [-0.2, -0.15) is 0 Å². The monoisotopic (exact) mass is 522 g/mol. The molecule has 1 saturated carbocycles. The molecule has 0 aliphatic heterocycles. The van der Waals surface area contributed by atoms with Crippen LogP contribution in [0, 0.1) is 5.92 Å². The van der Waals surface area contributed by atoms with Crippen molar-refractivity contribution in [2.45, 2.75) is 90.1 Å². The molecule has 200 valence electrons. The highest BCUT2D eigenvalue weighted by atomic mass is 35.5. The number of nitrogens with one attached hydrogen (secondary N) is 2. The molecule has 2 rings (SSSR count). The summed E-state index contributed by atoms with van der Waals surface area (Å²) >= 11 is 6.01. The summed E-state index contributed by atoms with van der Waals surface area (Å²) in [6.07, 6.45) is 4.62. The first-order valence-electron chi connectivity index (χ1n) is 12.8. The van der Waals surface area contributed by atoms with Crippen LogP contribution < -0.4 is 10.6 Å². The second-order valence-electron chi connectivity index (χ2n) is 9.64. The third-order valence-electron chi connectivity index (χ3n) is 6.65. The molecule has 0 heterocycles. The van der Waals surface area contributed by atoms with Crippen LogP contribution in [0.5, 0.6) is 0 Å². The highest BCUT2D eigenvalue weighted by Gasteiger charge is 2.38. The highest BCUT2D eigenvalue weighted by molar-refractivity contribution is 6.30. The highest BCUT2D eigenvalue weighted by Crippen LogP contribution is 2.29. The second kappa shape index (κ2) is 14.2. The SMILES string of the molecule is CCOC(=O)CC[C@@H](NC(=O)[C@@H](NC(=O)C(C)(C)c1ccc(Cl)cc1)C1CCCCC1)C(=O)OCC. The number of hydrogen-bond acceptors (Lipinski definition) is 6. The molecule has 1 aromatic rings. The van der Waals surface area contributed by atoms with Gasteiger partial charge >= 0.3 is 11.9 Å². The lowest BCUT2D eigenvalue weighted by Gasteiger charge is -2.34. The molecule has 2 amide bonds. The molecule has 2 N–H and O–H groups in total. The molecule has 9 heteroatoms. The van der Waals surface area contributed by atoms with Crippen molar-refractivity contribution < 1.29 is 28.7 Å². The maximum atomic E-state index is 13.5. The average molecular weight is 523 g/mol. The van der Waals surface area contributed by atoms with E-state index in [1.165, 1.54) is 0 Å². The van der Waals surface area contributed by atoms with E-state index in [1.807, 2.05) is 0 Å². The number of carbonyl (C=O) groups excluding carboxylic acids is 4. The van der Waals surface area contributed by atoms with E-state index in [1.54, 1.807) is 52.0 Å². The van der Waals surface area contributed by atoms with Crippen molar-refractivity contribution >= 4 is 35.4 Å². The van der Waals surface area contributed by atoms with Gasteiger partial charge in [-0.3, -0.25) is 14.4 Å². The minimum Gasteiger partial charge on any atom is -0.466 e. The molecular formula is C27H39ClN2O6. The summed E-state index contributed by atoms with van der Waals surface area (Å²) in [6.45, 7) is 7.33. The minimum absolute atomic E-state index is 0.0400. The summed E-state index contributed by atoms with van der Waals surface area (Å²) in [5.74, 6) is -1.89. The van der Waals surface area contributed by atoms with E-state index in [-0.39, 0.29) is 37.9 Å². The van der Waals surface area contributed by atoms with Gasteiger partial charge in [0.05, 0.1) is 18.6 Å². The van der Waals surface area contributed by atoms with E-state index in [0.717, 1.165) is 37.7 Å². The fourth-order valence-corrected chi connectivity index (χ4v) is 4.56. The molecule has 1 fully saturated rings. The largest absolute Gasteiger partial charge is 0.466 e. The Morgan fingerprint density at radius 1 is 0.972 bits per heavy atom. The number of rotatable bonds is 12. The summed E-state index contributed by atoms with van der Waals surface area (Å²) < 4.78 is 10.1. The lowest BCUT2D eigenvalue weighted by atomic mass is 9.80. The quantitative estimate of drug-likeness (QED) is 0.400. The molecule has 1 aromatic carbocycles. The molecular weight excluding hydrogens is 484 g/mol. The van der Waals surface area contributed by atoms with Crippen LogP contribution in [0.4, 0.5) is 0 Å². The van der Waals surface area contributed by atoms with Crippen molar-refractivity contribution in [3.05, 3.63) is 34.9 Å². The summed E-state index contributed by atoms with van der Waals surface area (Å²) in [5.41, 5.74) is -0.145. The molecule has 0 spiro atoms. The molecule has 0 bridgehead atoms. The molecule has 0 radical (unpaired) electrons. The van der Waals surface area contributed by atoms with Gasteiger partial charge in [0.2, 0.25) is 11.8 Å². The van der Waals surface area contributed by atoms with Crippen molar-refractivity contribution in [1.29, 1.82) is 0 Å². The molecule has 0 unspecified atom stereocenters. The number of benzene rings is 1. The van der Waals surface area contributed by atoms with Gasteiger partial charge in [-0.1, -0.05) is 43.0 Å². The van der Waals surface area contributed by atoms with Crippen molar-refractivity contribution in [2.75, 3.05) is 13.2 Å². The van der Waals surface area contributed by atoms with Crippen LogP contribution >= 0.6 is 11.6 Å². The van der Waals surface area contributed by atoms with E-state index in [2.05, 4.69) is 10.6 Å². The zero-order valence-corrected chi connectivity index (χ0v) is 22.5. The first-order valence-corrected chi connectivity index (χ1v) is 13.2. The van der Waals surface area contributed by atoms with Gasteiger partial charge in [0, 0.05) is 11.4 Å². The number of carbonyl (C=O) groups is 4. The fourth-order valence-electron chi connectivity index (χ4n) is 4.43. The van der Waals surface area contributed by atoms with Crippen LogP contribution in [-0.4, -0.2) is 49.1 Å². The standard InChI is InChI=1S/C27H39ClN2O6/c1-5-35-22(31)17-16-21(25(33)36-6-2)29-24(32)23(18-10-8-7-9-11-18)30-26(34)27(3,4)19-12-14-20(28)15-13-19/h12-15,18,21,23H,5-11,16-17H2,1-4H3,(H,29,32)(H,30,34)/t21-,23+/m1/s1. The third-order valence-corrected chi connectivity index (χ3v) is 6.91. The average Bonchev–Trinajstić information content (AvgIpc) is 2.85. The number of halogens is 1. The van der Waals surface area contributed by atoms with Crippen LogP contribution in [-0.2, 0) is 34.1 Å². The van der Waals surface area contributed by atoms with E-state index in [0.29, 0.717) is 5.02 Å². The summed E-state index contributed by atoms with van der Waals surface area (Å²) in [6, 6.07) is 5.21. The Morgan fingerprint density at radius 3 is 2.17 bits per heavy atom. The Balaban J connectivity index is 2.22. The Morgan fingerprint density at radius 2 is 1.58 bits per heavy atom. The Hall–Kier alpha value is -2.61. The third kappa shape index (κ3) is 8.50. The van der Waals surface area contributed by atoms with Gasteiger partial charge in [0.25, 0.3) is 0 Å². The topological polar surface area (TPSA) is 111 Å². The molecule has 8 nitrogen and oxygen atoms in total. The van der Waals surface area contributed by atoms with Crippen LogP contribution in [0.15, 0.2) is 24.3 Å². The van der Waals surface area contributed by atoms with Crippen molar-refractivity contribution in [1.82, 2.24) is 10.6 Å². The van der Waals surface area contributed by atoms with E-state index in [4.69, 9.17) is 21.1 Å². The second-order valence-corrected chi connectivity index (χ2v) is 10.1. The lowest BCUT2D eigenvalue weighted by molar-refractivity contribution is -0.149. The Kier molecular flexibility index (Phi) is 11.7. The van der Waals surface area contributed by atoms with Gasteiger partial charge < -0.3 is 20.1 Å². The zero-order chi connectivity index (χ0) is 26.7. The molecule has 1 aliphatic carbocycles. The molecule has 0 saturated heterocycles. The smallest absolute Gasteiger partial charge is 0.328 e. The predicted molar refractivity (Wildman–Crippen MR) is 137 cm³/mol. The van der Waals surface area contributed by atoms with Crippen LogP contribution in [0.3, 0.4) is 0 Å². The van der Waals surface area contributed by atoms with Crippen molar-refractivity contribution in [3.8, 4) is 0 Å². The van der Waals surface area contributed by atoms with Gasteiger partial charge in [-0.25, -0.2) is 4.79 Å². The first kappa shape index (κ1) is 29.6. The van der Waals surface area contributed by atoms with Crippen LogP contribution in [0.1, 0.15) is 78.2 Å². The lowest BCUT2D eigenvalue weighted by Crippen LogP contribution is -2.57. The molecule has 2 atom stereocenters. The summed E-state index contributed by atoms with van der Waals surface area (Å²) in [7, 11) is 0. The van der Waals surface area contributed by atoms with Gasteiger partial charge in [0.1, 0.15) is 12.1 Å². The molecule has 1 aliphatic rings. The van der Waals surface area contributed by atoms with E-state index >= 15 is 0 Å². The first-order chi connectivity index (χ1) is 17.1. The summed E-state index contributed by atoms with van der Waals surface area (Å²) in [4.78, 5) is 51.4. The van der Waals surface area contributed by atoms with Crippen LogP contribution in [0.2, 0.25) is 5.02 Å². The Labute approximate surface area is 218 Å². The zero-order valence-electron chi connectivity index (χ0n) is 21.7. The van der Waals surface area contributed by atoms with E-state index in [9.17, 15) is 19.2 Å². The maximum Gasteiger partial charge on any atom is 0.328 e. The van der Waals surface area contributed by atoms with Crippen molar-refractivity contribution in [2.24, 2.45) is 5.92 Å². The Bertz CT molecular complexity index is 896. The van der Waals surface area contributed by atoms with Gasteiger partial charge in [-0.05, 0) is 70.6 Å². The number of hydrogen-bond donors (Lipinski definition) is 2. The minimum atomic E-state index is -1.02. The number of ether oxygens (including phenoxy) is 2. The predicted octanol–water partition coefficient (Wildman–Crippen LogP) is 4.07. The van der Waals surface area contributed by atoms with Crippen molar-refractivity contribution in [3.63, 3.8) is 0 Å². The van der Waals surface area contributed by atoms with Gasteiger partial charge in [0.15, 0.2) is 0 Å². The molecule has 0 aromatic heterocycles. The van der Waals surface area contributed by atoms with Crippen LogP contribution in [0.25, 0.3) is 0 Å². The number of amides is 2. The summed E-state index contributed by atoms with van der Waals surface area (Å²) in [5, 5.41) is 6.29. The maximum absolute atomic E-state index is 13.5.